The van der Waals surface area contributed by atoms with Crippen molar-refractivity contribution in [3.63, 3.8) is 0 Å². The molecule has 1 atom stereocenters. The van der Waals surface area contributed by atoms with Gasteiger partial charge in [0.1, 0.15) is 5.75 Å². The van der Waals surface area contributed by atoms with Crippen molar-refractivity contribution in [2.24, 2.45) is 5.14 Å². The Morgan fingerprint density at radius 2 is 1.81 bits per heavy atom. The second kappa shape index (κ2) is 8.26. The fraction of sp³-hybridized carbons (Fsp3) is 0.235. The lowest BCUT2D eigenvalue weighted by molar-refractivity contribution is -0.134. The molecule has 6 nitrogen and oxygen atoms in total. The SMILES string of the molecule is C[C@@H](c1ccc(S(N)(=O)=O)cc1)N(C)C(=O)COc1ccc(Cl)cc1Cl. The molecule has 0 radical (unpaired) electrons. The van der Waals surface area contributed by atoms with Gasteiger partial charge in [0.05, 0.1) is 16.0 Å². The van der Waals surface area contributed by atoms with Crippen LogP contribution in [0.4, 0.5) is 0 Å². The summed E-state index contributed by atoms with van der Waals surface area (Å²) < 4.78 is 28.1. The highest BCUT2D eigenvalue weighted by Crippen LogP contribution is 2.28. The number of nitrogens with zero attached hydrogens (tertiary/aromatic N) is 1. The number of primary sulfonamides is 1. The van der Waals surface area contributed by atoms with E-state index in [1.807, 2.05) is 6.92 Å². The predicted octanol–water partition coefficient (Wildman–Crippen LogP) is 3.24. The number of carbonyl (C=O) groups is 1. The summed E-state index contributed by atoms with van der Waals surface area (Å²) in [5, 5.41) is 5.87. The number of nitrogens with two attached hydrogens (primary N) is 1. The maximum atomic E-state index is 12.4. The van der Waals surface area contributed by atoms with E-state index in [1.165, 1.54) is 23.1 Å². The minimum atomic E-state index is -3.75. The van der Waals surface area contributed by atoms with E-state index in [1.54, 1.807) is 31.3 Å². The molecule has 0 saturated carbocycles. The quantitative estimate of drug-likeness (QED) is 0.782. The molecule has 0 bridgehead atoms. The van der Waals surface area contributed by atoms with Gasteiger partial charge in [-0.3, -0.25) is 4.79 Å². The molecule has 0 unspecified atom stereocenters. The van der Waals surface area contributed by atoms with Crippen LogP contribution in [0.3, 0.4) is 0 Å². The van der Waals surface area contributed by atoms with Gasteiger partial charge in [-0.15, -0.1) is 0 Å². The van der Waals surface area contributed by atoms with Crippen LogP contribution in [0.2, 0.25) is 10.0 Å². The number of benzene rings is 2. The summed E-state index contributed by atoms with van der Waals surface area (Å²) in [6, 6.07) is 10.5. The second-order valence-corrected chi connectivity index (χ2v) is 8.06. The molecule has 0 aliphatic rings. The van der Waals surface area contributed by atoms with Crippen LogP contribution in [0.5, 0.6) is 5.75 Å². The molecule has 140 valence electrons. The number of sulfonamides is 1. The number of likely N-dealkylation sites (N-methyl/N-ethyl adjacent to an activating group) is 1. The van der Waals surface area contributed by atoms with Crippen molar-refractivity contribution in [3.05, 3.63) is 58.1 Å². The Bertz CT molecular complexity index is 901. The number of carbonyl (C=O) groups excluding carboxylic acids is 1. The summed E-state index contributed by atoms with van der Waals surface area (Å²) in [6.45, 7) is 1.62. The van der Waals surface area contributed by atoms with E-state index >= 15 is 0 Å². The standard InChI is InChI=1S/C17H18Cl2N2O4S/c1-11(12-3-6-14(7-4-12)26(20,23)24)21(2)17(22)10-25-16-8-5-13(18)9-15(16)19/h3-9,11H,10H2,1-2H3,(H2,20,23,24)/t11-/m0/s1. The molecular formula is C17H18Cl2N2O4S. The van der Waals surface area contributed by atoms with Crippen LogP contribution in [-0.2, 0) is 14.8 Å². The average Bonchev–Trinajstić information content (AvgIpc) is 2.58. The fourth-order valence-electron chi connectivity index (χ4n) is 2.21. The largest absolute Gasteiger partial charge is 0.482 e. The maximum absolute atomic E-state index is 12.4. The zero-order valence-electron chi connectivity index (χ0n) is 14.1. The van der Waals surface area contributed by atoms with E-state index < -0.39 is 10.0 Å². The minimum absolute atomic E-state index is 0.0168. The lowest BCUT2D eigenvalue weighted by Gasteiger charge is -2.25. The molecular weight excluding hydrogens is 399 g/mol. The van der Waals surface area contributed by atoms with Gasteiger partial charge < -0.3 is 9.64 Å². The smallest absolute Gasteiger partial charge is 0.260 e. The van der Waals surface area contributed by atoms with Crippen LogP contribution in [-0.4, -0.2) is 32.9 Å². The third-order valence-corrected chi connectivity index (χ3v) is 5.37. The van der Waals surface area contributed by atoms with E-state index in [2.05, 4.69) is 0 Å². The normalized spacial score (nSPS) is 12.5. The first-order valence-corrected chi connectivity index (χ1v) is 9.86. The summed E-state index contributed by atoms with van der Waals surface area (Å²) in [4.78, 5) is 13.9. The van der Waals surface area contributed by atoms with Crippen LogP contribution in [0, 0.1) is 0 Å². The molecule has 2 rings (SSSR count). The van der Waals surface area contributed by atoms with Crippen molar-refractivity contribution < 1.29 is 17.9 Å². The highest BCUT2D eigenvalue weighted by atomic mass is 35.5. The van der Waals surface area contributed by atoms with Crippen molar-refractivity contribution >= 4 is 39.1 Å². The summed E-state index contributed by atoms with van der Waals surface area (Å²) in [5.41, 5.74) is 0.762. The molecule has 0 fully saturated rings. The number of hydrogen-bond donors (Lipinski definition) is 1. The van der Waals surface area contributed by atoms with Crippen LogP contribution in [0.1, 0.15) is 18.5 Å². The van der Waals surface area contributed by atoms with Gasteiger partial charge in [0.15, 0.2) is 6.61 Å². The summed E-state index contributed by atoms with van der Waals surface area (Å²) in [5.74, 6) is 0.0991. The number of hydrogen-bond acceptors (Lipinski definition) is 4. The third-order valence-electron chi connectivity index (χ3n) is 3.91. The number of amides is 1. The first kappa shape index (κ1) is 20.5. The molecule has 26 heavy (non-hydrogen) atoms. The predicted molar refractivity (Wildman–Crippen MR) is 101 cm³/mol. The van der Waals surface area contributed by atoms with Crippen molar-refractivity contribution in [1.82, 2.24) is 4.90 Å². The molecule has 2 aromatic rings. The minimum Gasteiger partial charge on any atom is -0.482 e. The topological polar surface area (TPSA) is 89.7 Å². The van der Waals surface area contributed by atoms with E-state index in [9.17, 15) is 13.2 Å². The molecule has 0 aliphatic carbocycles. The van der Waals surface area contributed by atoms with Gasteiger partial charge in [0, 0.05) is 12.1 Å². The Morgan fingerprint density at radius 1 is 1.19 bits per heavy atom. The summed E-state index contributed by atoms with van der Waals surface area (Å²) >= 11 is 11.8. The van der Waals surface area contributed by atoms with Crippen molar-refractivity contribution in [2.45, 2.75) is 17.9 Å². The first-order valence-electron chi connectivity index (χ1n) is 7.56. The van der Waals surface area contributed by atoms with Crippen molar-refractivity contribution in [1.29, 1.82) is 0 Å². The van der Waals surface area contributed by atoms with Crippen LogP contribution < -0.4 is 9.88 Å². The van der Waals surface area contributed by atoms with Crippen molar-refractivity contribution in [2.75, 3.05) is 13.7 Å². The molecule has 0 saturated heterocycles. The Hall–Kier alpha value is -1.80. The molecule has 0 aliphatic heterocycles. The molecule has 0 aromatic heterocycles. The van der Waals surface area contributed by atoms with Crippen LogP contribution >= 0.6 is 23.2 Å². The second-order valence-electron chi connectivity index (χ2n) is 5.66. The lowest BCUT2D eigenvalue weighted by Crippen LogP contribution is -2.33. The van der Waals surface area contributed by atoms with Gasteiger partial charge in [-0.25, -0.2) is 13.6 Å². The Labute approximate surface area is 162 Å². The molecule has 0 spiro atoms. The summed E-state index contributed by atoms with van der Waals surface area (Å²) in [6.07, 6.45) is 0. The van der Waals surface area contributed by atoms with Gasteiger partial charge in [-0.1, -0.05) is 35.3 Å². The molecule has 9 heteroatoms. The Morgan fingerprint density at radius 3 is 2.35 bits per heavy atom. The third kappa shape index (κ3) is 5.11. The van der Waals surface area contributed by atoms with Gasteiger partial charge in [0.2, 0.25) is 10.0 Å². The van der Waals surface area contributed by atoms with Gasteiger partial charge in [-0.2, -0.15) is 0 Å². The highest BCUT2D eigenvalue weighted by Gasteiger charge is 2.19. The number of ether oxygens (including phenoxy) is 1. The first-order chi connectivity index (χ1) is 12.1. The zero-order chi connectivity index (χ0) is 19.5. The van der Waals surface area contributed by atoms with Gasteiger partial charge in [0.25, 0.3) is 5.91 Å². The lowest BCUT2D eigenvalue weighted by atomic mass is 10.1. The molecule has 0 heterocycles. The number of halogens is 2. The highest BCUT2D eigenvalue weighted by molar-refractivity contribution is 7.89. The van der Waals surface area contributed by atoms with E-state index in [4.69, 9.17) is 33.1 Å². The molecule has 2 N–H and O–H groups in total. The van der Waals surface area contributed by atoms with E-state index in [-0.39, 0.29) is 23.5 Å². The molecule has 1 amide bonds. The summed E-state index contributed by atoms with van der Waals surface area (Å²) in [7, 11) is -2.12. The Balaban J connectivity index is 2.02. The van der Waals surface area contributed by atoms with Gasteiger partial charge >= 0.3 is 0 Å². The van der Waals surface area contributed by atoms with Crippen LogP contribution in [0.15, 0.2) is 47.4 Å². The van der Waals surface area contributed by atoms with E-state index in [0.717, 1.165) is 5.56 Å². The maximum Gasteiger partial charge on any atom is 0.260 e. The van der Waals surface area contributed by atoms with Crippen LogP contribution in [0.25, 0.3) is 0 Å². The monoisotopic (exact) mass is 416 g/mol. The Kier molecular flexibility index (Phi) is 6.52. The number of rotatable bonds is 6. The average molecular weight is 417 g/mol. The fourth-order valence-corrected chi connectivity index (χ4v) is 3.19. The van der Waals surface area contributed by atoms with E-state index in [0.29, 0.717) is 15.8 Å². The molecule has 2 aromatic carbocycles. The van der Waals surface area contributed by atoms with Crippen molar-refractivity contribution in [3.8, 4) is 5.75 Å². The zero-order valence-corrected chi connectivity index (χ0v) is 16.5. The van der Waals surface area contributed by atoms with Gasteiger partial charge in [-0.05, 0) is 42.8 Å².